The maximum atomic E-state index is 4.49. The highest BCUT2D eigenvalue weighted by Gasteiger charge is 2.25. The number of hydrogen-bond acceptors (Lipinski definition) is 7. The van der Waals surface area contributed by atoms with Gasteiger partial charge in [-0.15, -0.1) is 0 Å². The van der Waals surface area contributed by atoms with Gasteiger partial charge in [-0.1, -0.05) is 6.42 Å². The van der Waals surface area contributed by atoms with E-state index in [0.29, 0.717) is 29.9 Å². The summed E-state index contributed by atoms with van der Waals surface area (Å²) in [7, 11) is 3.86. The third-order valence-corrected chi connectivity index (χ3v) is 3.78. The van der Waals surface area contributed by atoms with Gasteiger partial charge < -0.3 is 10.2 Å². The molecular formula is C14H27N7. The van der Waals surface area contributed by atoms with E-state index in [1.54, 1.807) is 0 Å². The van der Waals surface area contributed by atoms with Crippen molar-refractivity contribution in [2.45, 2.75) is 52.1 Å². The normalized spacial score (nSPS) is 22.9. The molecule has 0 bridgehead atoms. The summed E-state index contributed by atoms with van der Waals surface area (Å²) < 4.78 is 0. The van der Waals surface area contributed by atoms with Gasteiger partial charge in [0.2, 0.25) is 17.8 Å². The first-order chi connectivity index (χ1) is 10.0. The molecule has 7 nitrogen and oxygen atoms in total. The number of nitrogens with zero attached hydrogens (tertiary/aromatic N) is 5. The number of hydrazine groups is 1. The Kier molecular flexibility index (Phi) is 5.17. The van der Waals surface area contributed by atoms with Gasteiger partial charge in [-0.3, -0.25) is 5.43 Å². The zero-order chi connectivity index (χ0) is 15.4. The third kappa shape index (κ3) is 3.93. The first-order valence-corrected chi connectivity index (χ1v) is 7.73. The van der Waals surface area contributed by atoms with Gasteiger partial charge in [0.15, 0.2) is 0 Å². The lowest BCUT2D eigenvalue weighted by Crippen LogP contribution is -2.47. The van der Waals surface area contributed by atoms with Gasteiger partial charge in [-0.25, -0.2) is 5.01 Å². The molecule has 1 aromatic heterocycles. The molecule has 1 aliphatic rings. The van der Waals surface area contributed by atoms with Crippen molar-refractivity contribution < 1.29 is 0 Å². The summed E-state index contributed by atoms with van der Waals surface area (Å²) >= 11 is 0. The van der Waals surface area contributed by atoms with Crippen LogP contribution in [0.3, 0.4) is 0 Å². The maximum absolute atomic E-state index is 4.49. The molecule has 0 aliphatic carbocycles. The number of nitrogens with one attached hydrogen (secondary N) is 2. The van der Waals surface area contributed by atoms with Crippen molar-refractivity contribution >= 4 is 17.8 Å². The van der Waals surface area contributed by atoms with E-state index in [9.17, 15) is 0 Å². The SMILES string of the molecule is CCNc1nc(NN2C(C)CCCC2C)nc(N(C)C)n1. The topological polar surface area (TPSA) is 69.2 Å². The van der Waals surface area contributed by atoms with Crippen molar-refractivity contribution in [3.05, 3.63) is 0 Å². The van der Waals surface area contributed by atoms with Crippen LogP contribution in [0.25, 0.3) is 0 Å². The molecule has 0 spiro atoms. The summed E-state index contributed by atoms with van der Waals surface area (Å²) in [5, 5.41) is 5.41. The molecule has 0 amide bonds. The largest absolute Gasteiger partial charge is 0.354 e. The van der Waals surface area contributed by atoms with Gasteiger partial charge >= 0.3 is 0 Å². The Hall–Kier alpha value is -1.63. The zero-order valence-electron chi connectivity index (χ0n) is 13.7. The van der Waals surface area contributed by atoms with Gasteiger partial charge in [0.05, 0.1) is 0 Å². The molecule has 118 valence electrons. The average molecular weight is 293 g/mol. The predicted molar refractivity (Wildman–Crippen MR) is 86.6 cm³/mol. The van der Waals surface area contributed by atoms with E-state index >= 15 is 0 Å². The highest BCUT2D eigenvalue weighted by Crippen LogP contribution is 2.23. The number of piperidine rings is 1. The fourth-order valence-corrected chi connectivity index (χ4v) is 2.61. The molecule has 21 heavy (non-hydrogen) atoms. The highest BCUT2D eigenvalue weighted by molar-refractivity contribution is 5.42. The Labute approximate surface area is 127 Å². The van der Waals surface area contributed by atoms with Gasteiger partial charge in [0, 0.05) is 32.7 Å². The minimum Gasteiger partial charge on any atom is -0.354 e. The minimum absolute atomic E-state index is 0.482. The molecule has 7 heteroatoms. The van der Waals surface area contributed by atoms with Crippen molar-refractivity contribution in [2.75, 3.05) is 36.3 Å². The van der Waals surface area contributed by atoms with Crippen molar-refractivity contribution in [1.29, 1.82) is 0 Å². The average Bonchev–Trinajstić information content (AvgIpc) is 2.43. The molecule has 2 N–H and O–H groups in total. The standard InChI is InChI=1S/C14H27N7/c1-6-15-12-16-13(18-14(17-12)20(4)5)19-21-10(2)8-7-9-11(21)3/h10-11H,6-9H2,1-5H3,(H2,15,16,17,18,19). The van der Waals surface area contributed by atoms with Crippen LogP contribution in [0.15, 0.2) is 0 Å². The lowest BCUT2D eigenvalue weighted by molar-refractivity contribution is 0.134. The van der Waals surface area contributed by atoms with E-state index < -0.39 is 0 Å². The van der Waals surface area contributed by atoms with Gasteiger partial charge in [-0.05, 0) is 33.6 Å². The molecule has 2 unspecified atom stereocenters. The zero-order valence-corrected chi connectivity index (χ0v) is 13.7. The summed E-state index contributed by atoms with van der Waals surface area (Å²) in [6, 6.07) is 0.965. The number of hydrogen-bond donors (Lipinski definition) is 2. The van der Waals surface area contributed by atoms with Crippen LogP contribution in [-0.2, 0) is 0 Å². The number of anilines is 3. The summed E-state index contributed by atoms with van der Waals surface area (Å²) in [5.41, 5.74) is 3.38. The Bertz CT molecular complexity index is 453. The first kappa shape index (κ1) is 15.8. The molecule has 2 rings (SSSR count). The van der Waals surface area contributed by atoms with E-state index in [0.717, 1.165) is 6.54 Å². The van der Waals surface area contributed by atoms with E-state index in [1.807, 2.05) is 25.9 Å². The Balaban J connectivity index is 2.21. The summed E-state index contributed by atoms with van der Waals surface area (Å²) in [4.78, 5) is 15.2. The Morgan fingerprint density at radius 2 is 1.71 bits per heavy atom. The van der Waals surface area contributed by atoms with Crippen molar-refractivity contribution in [3.8, 4) is 0 Å². The molecule has 1 fully saturated rings. The monoisotopic (exact) mass is 293 g/mol. The summed E-state index contributed by atoms with van der Waals surface area (Å²) in [6.07, 6.45) is 3.68. The van der Waals surface area contributed by atoms with Crippen LogP contribution >= 0.6 is 0 Å². The molecule has 2 atom stereocenters. The smallest absolute Gasteiger partial charge is 0.244 e. The van der Waals surface area contributed by atoms with E-state index in [1.165, 1.54) is 19.3 Å². The molecule has 0 radical (unpaired) electrons. The van der Waals surface area contributed by atoms with Crippen molar-refractivity contribution in [2.24, 2.45) is 0 Å². The molecular weight excluding hydrogens is 266 g/mol. The van der Waals surface area contributed by atoms with Crippen LogP contribution in [0.2, 0.25) is 0 Å². The van der Waals surface area contributed by atoms with E-state index in [2.05, 4.69) is 44.6 Å². The molecule has 2 heterocycles. The molecule has 1 aliphatic heterocycles. The van der Waals surface area contributed by atoms with Gasteiger partial charge in [0.1, 0.15) is 0 Å². The lowest BCUT2D eigenvalue weighted by Gasteiger charge is -2.38. The van der Waals surface area contributed by atoms with Gasteiger partial charge in [-0.2, -0.15) is 15.0 Å². The second-order valence-corrected chi connectivity index (χ2v) is 5.86. The van der Waals surface area contributed by atoms with Gasteiger partial charge in [0.25, 0.3) is 0 Å². The van der Waals surface area contributed by atoms with Crippen molar-refractivity contribution in [3.63, 3.8) is 0 Å². The predicted octanol–water partition coefficient (Wildman–Crippen LogP) is 1.96. The first-order valence-electron chi connectivity index (χ1n) is 7.73. The van der Waals surface area contributed by atoms with E-state index in [4.69, 9.17) is 0 Å². The van der Waals surface area contributed by atoms with Crippen LogP contribution in [-0.4, -0.2) is 52.7 Å². The molecule has 1 saturated heterocycles. The second-order valence-electron chi connectivity index (χ2n) is 5.86. The Morgan fingerprint density at radius 3 is 2.29 bits per heavy atom. The lowest BCUT2D eigenvalue weighted by atomic mass is 10.00. The second kappa shape index (κ2) is 6.89. The summed E-state index contributed by atoms with van der Waals surface area (Å²) in [5.74, 6) is 1.86. The van der Waals surface area contributed by atoms with Crippen molar-refractivity contribution in [1.82, 2.24) is 20.0 Å². The third-order valence-electron chi connectivity index (χ3n) is 3.78. The maximum Gasteiger partial charge on any atom is 0.244 e. The van der Waals surface area contributed by atoms with Crippen LogP contribution in [0.5, 0.6) is 0 Å². The highest BCUT2D eigenvalue weighted by atomic mass is 15.6. The molecule has 0 saturated carbocycles. The van der Waals surface area contributed by atoms with E-state index in [-0.39, 0.29) is 0 Å². The van der Waals surface area contributed by atoms with Crippen LogP contribution in [0.4, 0.5) is 17.8 Å². The fourth-order valence-electron chi connectivity index (χ4n) is 2.61. The quantitative estimate of drug-likeness (QED) is 0.860. The number of aromatic nitrogens is 3. The van der Waals surface area contributed by atoms with Crippen LogP contribution in [0.1, 0.15) is 40.0 Å². The van der Waals surface area contributed by atoms with Crippen LogP contribution in [0, 0.1) is 0 Å². The minimum atomic E-state index is 0.482. The summed E-state index contributed by atoms with van der Waals surface area (Å²) in [6.45, 7) is 7.29. The fraction of sp³-hybridized carbons (Fsp3) is 0.786. The molecule has 0 aromatic carbocycles. The Morgan fingerprint density at radius 1 is 1.10 bits per heavy atom. The number of rotatable bonds is 5. The molecule has 1 aromatic rings. The van der Waals surface area contributed by atoms with Crippen LogP contribution < -0.4 is 15.6 Å².